The molecule has 0 spiro atoms. The predicted molar refractivity (Wildman–Crippen MR) is 131 cm³/mol. The number of nitrogens with zero attached hydrogens (tertiary/aromatic N) is 4. The number of fused-ring (bicyclic) bond motifs is 4. The van der Waals surface area contributed by atoms with Crippen molar-refractivity contribution in [3.63, 3.8) is 0 Å². The Morgan fingerprint density at radius 2 is 1.78 bits per heavy atom. The standard InChI is InChI=1S/C27H23F3N6/c1-13-14-3-5-15(6-4-14)23(13)35-27-22(30)21(16-9-32-12-33-10-16)26(31-2)25(36-27)19-11-34-24-18(19)7-17(28)8-20(24)29/h7-15,23,34H,3-6H2,1H3,(H,35,36)/t13-,14?,15?,23+/m0/s1. The van der Waals surface area contributed by atoms with Crippen molar-refractivity contribution in [1.82, 2.24) is 19.9 Å². The highest BCUT2D eigenvalue weighted by Gasteiger charge is 2.42. The van der Waals surface area contributed by atoms with Gasteiger partial charge in [-0.2, -0.15) is 0 Å². The Labute approximate surface area is 205 Å². The number of hydrogen-bond acceptors (Lipinski definition) is 4. The molecule has 182 valence electrons. The molecule has 3 aliphatic rings. The average molecular weight is 489 g/mol. The summed E-state index contributed by atoms with van der Waals surface area (Å²) in [6.45, 7) is 10.1. The summed E-state index contributed by atoms with van der Waals surface area (Å²) in [6, 6.07) is 2.02. The van der Waals surface area contributed by atoms with Gasteiger partial charge in [-0.15, -0.1) is 0 Å². The number of rotatable bonds is 4. The summed E-state index contributed by atoms with van der Waals surface area (Å²) >= 11 is 0. The van der Waals surface area contributed by atoms with E-state index in [2.05, 4.69) is 37.0 Å². The third kappa shape index (κ3) is 3.51. The predicted octanol–water partition coefficient (Wildman–Crippen LogP) is 6.89. The van der Waals surface area contributed by atoms with Crippen LogP contribution in [0.5, 0.6) is 0 Å². The van der Waals surface area contributed by atoms with Gasteiger partial charge in [-0.3, -0.25) is 0 Å². The smallest absolute Gasteiger partial charge is 0.223 e. The highest BCUT2D eigenvalue weighted by molar-refractivity contribution is 6.01. The number of H-pyrrole nitrogens is 1. The molecule has 3 fully saturated rings. The van der Waals surface area contributed by atoms with Crippen molar-refractivity contribution in [2.75, 3.05) is 5.32 Å². The largest absolute Gasteiger partial charge is 0.364 e. The van der Waals surface area contributed by atoms with Gasteiger partial charge in [0.2, 0.25) is 5.69 Å². The van der Waals surface area contributed by atoms with E-state index in [1.54, 1.807) is 0 Å². The molecule has 1 aromatic carbocycles. The highest BCUT2D eigenvalue weighted by Crippen LogP contribution is 2.48. The van der Waals surface area contributed by atoms with Crippen molar-refractivity contribution in [2.24, 2.45) is 17.8 Å². The molecule has 36 heavy (non-hydrogen) atoms. The Balaban J connectivity index is 1.58. The summed E-state index contributed by atoms with van der Waals surface area (Å²) in [5.41, 5.74) is 0.801. The van der Waals surface area contributed by atoms with Gasteiger partial charge in [-0.25, -0.2) is 33.0 Å². The zero-order chi connectivity index (χ0) is 25.0. The summed E-state index contributed by atoms with van der Waals surface area (Å²) in [5.74, 6) is -0.812. The molecule has 6 nitrogen and oxygen atoms in total. The van der Waals surface area contributed by atoms with Crippen LogP contribution < -0.4 is 5.32 Å². The first kappa shape index (κ1) is 22.5. The van der Waals surface area contributed by atoms with Crippen molar-refractivity contribution in [1.29, 1.82) is 0 Å². The summed E-state index contributed by atoms with van der Waals surface area (Å²) < 4.78 is 44.7. The molecule has 0 radical (unpaired) electrons. The zero-order valence-corrected chi connectivity index (χ0v) is 19.5. The van der Waals surface area contributed by atoms with Crippen LogP contribution >= 0.6 is 0 Å². The second-order valence-electron chi connectivity index (χ2n) is 9.80. The van der Waals surface area contributed by atoms with Crippen molar-refractivity contribution in [3.8, 4) is 22.4 Å². The maximum Gasteiger partial charge on any atom is 0.223 e. The Hall–Kier alpha value is -3.93. The summed E-state index contributed by atoms with van der Waals surface area (Å²) in [4.78, 5) is 19.0. The number of hydrogen-bond donors (Lipinski definition) is 2. The van der Waals surface area contributed by atoms with E-state index in [0.29, 0.717) is 28.9 Å². The van der Waals surface area contributed by atoms with Gasteiger partial charge in [0, 0.05) is 52.8 Å². The summed E-state index contributed by atoms with van der Waals surface area (Å²) in [7, 11) is 0. The van der Waals surface area contributed by atoms with E-state index in [-0.39, 0.29) is 39.7 Å². The Kier molecular flexibility index (Phi) is 5.40. The molecule has 0 saturated heterocycles. The van der Waals surface area contributed by atoms with Crippen molar-refractivity contribution in [2.45, 2.75) is 38.6 Å². The minimum Gasteiger partial charge on any atom is -0.364 e. The minimum absolute atomic E-state index is 0.0120. The van der Waals surface area contributed by atoms with Gasteiger partial charge in [0.1, 0.15) is 18.0 Å². The lowest BCUT2D eigenvalue weighted by Crippen LogP contribution is -2.47. The fourth-order valence-corrected chi connectivity index (χ4v) is 6.15. The molecule has 2 N–H and O–H groups in total. The van der Waals surface area contributed by atoms with E-state index < -0.39 is 17.5 Å². The monoisotopic (exact) mass is 488 g/mol. The first-order valence-corrected chi connectivity index (χ1v) is 12.1. The number of nitrogens with one attached hydrogen (secondary N) is 2. The van der Waals surface area contributed by atoms with Crippen LogP contribution in [0.25, 0.3) is 38.1 Å². The van der Waals surface area contributed by atoms with Gasteiger partial charge in [-0.05, 0) is 49.5 Å². The van der Waals surface area contributed by atoms with Crippen LogP contribution in [0.2, 0.25) is 0 Å². The van der Waals surface area contributed by atoms with Crippen molar-refractivity contribution in [3.05, 3.63) is 65.9 Å². The Morgan fingerprint density at radius 1 is 1.06 bits per heavy atom. The quantitative estimate of drug-likeness (QED) is 0.307. The number of anilines is 1. The number of aromatic nitrogens is 4. The van der Waals surface area contributed by atoms with Crippen LogP contribution in [-0.2, 0) is 0 Å². The lowest BCUT2D eigenvalue weighted by Gasteiger charge is -2.47. The number of benzene rings is 1. The number of halogens is 3. The van der Waals surface area contributed by atoms with Crippen molar-refractivity contribution < 1.29 is 13.2 Å². The molecular weight excluding hydrogens is 465 g/mol. The second kappa shape index (κ2) is 8.63. The van der Waals surface area contributed by atoms with Crippen LogP contribution in [-0.4, -0.2) is 26.0 Å². The third-order valence-corrected chi connectivity index (χ3v) is 7.97. The van der Waals surface area contributed by atoms with Gasteiger partial charge in [0.05, 0.1) is 17.8 Å². The SMILES string of the molecule is [C-]#[N+]c1c(-c2c[nH]c3c(F)cc(F)cc23)nc(N[C@H]2C3CCC(CC3)[C@@H]2C)c(F)c1-c1cncnc1. The van der Waals surface area contributed by atoms with Gasteiger partial charge < -0.3 is 10.3 Å². The molecule has 2 bridgehead atoms. The summed E-state index contributed by atoms with van der Waals surface area (Å²) in [6.07, 6.45) is 10.2. The second-order valence-corrected chi connectivity index (χ2v) is 9.80. The van der Waals surface area contributed by atoms with E-state index >= 15 is 4.39 Å². The molecule has 3 aliphatic carbocycles. The van der Waals surface area contributed by atoms with Crippen LogP contribution in [0.1, 0.15) is 32.6 Å². The lowest BCUT2D eigenvalue weighted by atomic mass is 9.62. The van der Waals surface area contributed by atoms with Crippen LogP contribution in [0.4, 0.5) is 24.7 Å². The van der Waals surface area contributed by atoms with E-state index in [0.717, 1.165) is 18.9 Å². The highest BCUT2D eigenvalue weighted by atomic mass is 19.1. The van der Waals surface area contributed by atoms with Gasteiger partial charge in [0.25, 0.3) is 0 Å². The molecule has 0 unspecified atom stereocenters. The van der Waals surface area contributed by atoms with E-state index in [1.165, 1.54) is 43.8 Å². The van der Waals surface area contributed by atoms with Gasteiger partial charge in [-0.1, -0.05) is 6.92 Å². The van der Waals surface area contributed by atoms with Crippen LogP contribution in [0.15, 0.2) is 37.1 Å². The minimum atomic E-state index is -0.759. The molecule has 4 aromatic rings. The maximum absolute atomic E-state index is 16.1. The van der Waals surface area contributed by atoms with E-state index in [1.807, 2.05) is 0 Å². The fourth-order valence-electron chi connectivity index (χ4n) is 6.15. The maximum atomic E-state index is 16.1. The molecular formula is C27H23F3N6. The molecule has 3 heterocycles. The van der Waals surface area contributed by atoms with Gasteiger partial charge >= 0.3 is 0 Å². The van der Waals surface area contributed by atoms with E-state index in [4.69, 9.17) is 6.57 Å². The normalized spacial score (nSPS) is 23.1. The molecule has 3 aromatic heterocycles. The number of pyridine rings is 1. The topological polar surface area (TPSA) is 70.8 Å². The first-order valence-electron chi connectivity index (χ1n) is 12.1. The number of aromatic amines is 1. The zero-order valence-electron chi connectivity index (χ0n) is 19.5. The molecule has 7 rings (SSSR count). The first-order chi connectivity index (χ1) is 17.5. The van der Waals surface area contributed by atoms with E-state index in [9.17, 15) is 8.78 Å². The molecule has 2 atom stereocenters. The average Bonchev–Trinajstić information content (AvgIpc) is 3.31. The third-order valence-electron chi connectivity index (χ3n) is 7.97. The molecule has 0 aliphatic heterocycles. The van der Waals surface area contributed by atoms with Crippen molar-refractivity contribution >= 4 is 22.4 Å². The van der Waals surface area contributed by atoms with Crippen LogP contribution in [0, 0.1) is 41.8 Å². The van der Waals surface area contributed by atoms with Gasteiger partial charge in [0.15, 0.2) is 11.6 Å². The summed E-state index contributed by atoms with van der Waals surface area (Å²) in [5, 5.41) is 3.60. The fraction of sp³-hybridized carbons (Fsp3) is 0.333. The lowest BCUT2D eigenvalue weighted by molar-refractivity contribution is 0.0926. The Bertz CT molecular complexity index is 1500. The molecule has 0 amide bonds. The molecule has 3 saturated carbocycles. The van der Waals surface area contributed by atoms with Crippen LogP contribution in [0.3, 0.4) is 0 Å². The molecule has 9 heteroatoms. The Morgan fingerprint density at radius 3 is 2.47 bits per heavy atom.